The fourth-order valence-corrected chi connectivity index (χ4v) is 3.94. The third-order valence-electron chi connectivity index (χ3n) is 4.88. The van der Waals surface area contributed by atoms with Crippen LogP contribution in [0.25, 0.3) is 0 Å². The Morgan fingerprint density at radius 3 is 2.95 bits per heavy atom. The summed E-state index contributed by atoms with van der Waals surface area (Å²) in [5.41, 5.74) is 1.48. The summed E-state index contributed by atoms with van der Waals surface area (Å²) in [6.45, 7) is 4.88. The lowest BCUT2D eigenvalue weighted by molar-refractivity contribution is 0.0545. The maximum atomic E-state index is 12.9. The number of hydrogen-bond donors (Lipinski definition) is 0. The Balaban J connectivity index is 1.86. The molecule has 0 aromatic carbocycles. The van der Waals surface area contributed by atoms with Crippen molar-refractivity contribution in [1.82, 2.24) is 10.1 Å². The standard InChI is InChI=1S/C16H24N2O2/c1-3-6-14-15(11(2)17-20-14)16(19)18-10-5-8-12-7-4-9-13(12)18/h12-13H,3-10H2,1-2H3/t12-,13-/m1/s1. The lowest BCUT2D eigenvalue weighted by Crippen LogP contribution is -2.46. The number of carbonyl (C=O) groups is 1. The molecule has 3 rings (SSSR count). The highest BCUT2D eigenvalue weighted by atomic mass is 16.5. The van der Waals surface area contributed by atoms with Crippen LogP contribution in [0.2, 0.25) is 0 Å². The first kappa shape index (κ1) is 13.7. The van der Waals surface area contributed by atoms with Gasteiger partial charge in [0.15, 0.2) is 0 Å². The molecule has 4 heteroatoms. The number of aryl methyl sites for hydroxylation is 2. The highest BCUT2D eigenvalue weighted by molar-refractivity contribution is 5.96. The molecule has 1 aromatic heterocycles. The molecular weight excluding hydrogens is 252 g/mol. The van der Waals surface area contributed by atoms with Gasteiger partial charge in [-0.2, -0.15) is 0 Å². The van der Waals surface area contributed by atoms with Gasteiger partial charge in [0.2, 0.25) is 0 Å². The van der Waals surface area contributed by atoms with Crippen LogP contribution in [0.5, 0.6) is 0 Å². The molecule has 0 unspecified atom stereocenters. The molecule has 20 heavy (non-hydrogen) atoms. The van der Waals surface area contributed by atoms with Crippen LogP contribution in [0.3, 0.4) is 0 Å². The molecule has 110 valence electrons. The van der Waals surface area contributed by atoms with Crippen LogP contribution >= 0.6 is 0 Å². The van der Waals surface area contributed by atoms with E-state index in [1.807, 2.05) is 6.92 Å². The Morgan fingerprint density at radius 2 is 2.15 bits per heavy atom. The van der Waals surface area contributed by atoms with Gasteiger partial charge in [0.05, 0.1) is 5.69 Å². The predicted molar refractivity (Wildman–Crippen MR) is 76.6 cm³/mol. The summed E-state index contributed by atoms with van der Waals surface area (Å²) in [4.78, 5) is 15.1. The van der Waals surface area contributed by atoms with E-state index in [2.05, 4.69) is 17.0 Å². The maximum Gasteiger partial charge on any atom is 0.259 e. The fourth-order valence-electron chi connectivity index (χ4n) is 3.94. The van der Waals surface area contributed by atoms with Gasteiger partial charge in [-0.05, 0) is 44.9 Å². The molecule has 1 saturated carbocycles. The zero-order valence-corrected chi connectivity index (χ0v) is 12.5. The number of fused-ring (bicyclic) bond motifs is 1. The van der Waals surface area contributed by atoms with E-state index in [1.165, 1.54) is 25.7 Å². The number of carbonyl (C=O) groups excluding carboxylic acids is 1. The third kappa shape index (κ3) is 2.25. The van der Waals surface area contributed by atoms with Gasteiger partial charge in [0, 0.05) is 19.0 Å². The van der Waals surface area contributed by atoms with Crippen LogP contribution in [-0.4, -0.2) is 28.6 Å². The van der Waals surface area contributed by atoms with E-state index in [-0.39, 0.29) is 5.91 Å². The molecule has 2 atom stereocenters. The number of aromatic nitrogens is 1. The quantitative estimate of drug-likeness (QED) is 0.850. The monoisotopic (exact) mass is 276 g/mol. The fraction of sp³-hybridized carbons (Fsp3) is 0.750. The topological polar surface area (TPSA) is 46.3 Å². The normalized spacial score (nSPS) is 25.8. The number of likely N-dealkylation sites (tertiary alicyclic amines) is 1. The van der Waals surface area contributed by atoms with Crippen molar-refractivity contribution in [2.75, 3.05) is 6.54 Å². The van der Waals surface area contributed by atoms with Gasteiger partial charge in [-0.1, -0.05) is 18.5 Å². The van der Waals surface area contributed by atoms with E-state index in [9.17, 15) is 4.79 Å². The van der Waals surface area contributed by atoms with E-state index in [4.69, 9.17) is 4.52 Å². The molecule has 0 spiro atoms. The van der Waals surface area contributed by atoms with E-state index < -0.39 is 0 Å². The lowest BCUT2D eigenvalue weighted by atomic mass is 9.91. The van der Waals surface area contributed by atoms with Crippen molar-refractivity contribution in [2.24, 2.45) is 5.92 Å². The highest BCUT2D eigenvalue weighted by Crippen LogP contribution is 2.37. The highest BCUT2D eigenvalue weighted by Gasteiger charge is 2.39. The summed E-state index contributed by atoms with van der Waals surface area (Å²) >= 11 is 0. The molecule has 1 aliphatic heterocycles. The smallest absolute Gasteiger partial charge is 0.259 e. The number of nitrogens with zero attached hydrogens (tertiary/aromatic N) is 2. The minimum atomic E-state index is 0.156. The van der Waals surface area contributed by atoms with Crippen LogP contribution in [0.1, 0.15) is 67.3 Å². The molecule has 1 aliphatic carbocycles. The molecule has 2 fully saturated rings. The second kappa shape index (κ2) is 5.58. The van der Waals surface area contributed by atoms with Crippen LogP contribution < -0.4 is 0 Å². The van der Waals surface area contributed by atoms with E-state index in [1.54, 1.807) is 0 Å². The van der Waals surface area contributed by atoms with Crippen molar-refractivity contribution in [3.63, 3.8) is 0 Å². The SMILES string of the molecule is CCCc1onc(C)c1C(=O)N1CCC[C@H]2CCC[C@H]21. The molecule has 2 heterocycles. The first-order valence-electron chi connectivity index (χ1n) is 7.98. The van der Waals surface area contributed by atoms with Gasteiger partial charge in [0.1, 0.15) is 11.3 Å². The third-order valence-corrected chi connectivity index (χ3v) is 4.88. The second-order valence-electron chi connectivity index (χ2n) is 6.22. The lowest BCUT2D eigenvalue weighted by Gasteiger charge is -2.37. The molecular formula is C16H24N2O2. The predicted octanol–water partition coefficient (Wildman–Crippen LogP) is 3.34. The Morgan fingerprint density at radius 1 is 1.35 bits per heavy atom. The summed E-state index contributed by atoms with van der Waals surface area (Å²) in [5.74, 6) is 1.65. The zero-order chi connectivity index (χ0) is 14.1. The van der Waals surface area contributed by atoms with Gasteiger partial charge in [0.25, 0.3) is 5.91 Å². The van der Waals surface area contributed by atoms with Crippen molar-refractivity contribution < 1.29 is 9.32 Å². The first-order chi connectivity index (χ1) is 9.72. The molecule has 0 bridgehead atoms. The summed E-state index contributed by atoms with van der Waals surface area (Å²) in [5, 5.41) is 4.01. The second-order valence-corrected chi connectivity index (χ2v) is 6.22. The minimum absolute atomic E-state index is 0.156. The number of piperidine rings is 1. The first-order valence-corrected chi connectivity index (χ1v) is 7.98. The Bertz CT molecular complexity index is 495. The summed E-state index contributed by atoms with van der Waals surface area (Å²) in [7, 11) is 0. The molecule has 4 nitrogen and oxygen atoms in total. The molecule has 0 N–H and O–H groups in total. The Hall–Kier alpha value is -1.32. The number of hydrogen-bond acceptors (Lipinski definition) is 3. The van der Waals surface area contributed by atoms with Crippen molar-refractivity contribution in [3.05, 3.63) is 17.0 Å². The summed E-state index contributed by atoms with van der Waals surface area (Å²) < 4.78 is 5.36. The van der Waals surface area contributed by atoms with Crippen molar-refractivity contribution >= 4 is 5.91 Å². The molecule has 0 radical (unpaired) electrons. The molecule has 1 amide bonds. The molecule has 1 saturated heterocycles. The average molecular weight is 276 g/mol. The Labute approximate surface area is 120 Å². The van der Waals surface area contributed by atoms with Gasteiger partial charge in [-0.3, -0.25) is 4.79 Å². The summed E-state index contributed by atoms with van der Waals surface area (Å²) in [6, 6.07) is 0.458. The minimum Gasteiger partial charge on any atom is -0.360 e. The van der Waals surface area contributed by atoms with Gasteiger partial charge in [-0.25, -0.2) is 0 Å². The van der Waals surface area contributed by atoms with Crippen molar-refractivity contribution in [3.8, 4) is 0 Å². The zero-order valence-electron chi connectivity index (χ0n) is 12.5. The van der Waals surface area contributed by atoms with Crippen LogP contribution in [0, 0.1) is 12.8 Å². The van der Waals surface area contributed by atoms with Crippen LogP contribution in [-0.2, 0) is 6.42 Å². The largest absolute Gasteiger partial charge is 0.360 e. The summed E-state index contributed by atoms with van der Waals surface area (Å²) in [6.07, 6.45) is 7.93. The Kier molecular flexibility index (Phi) is 3.81. The van der Waals surface area contributed by atoms with Gasteiger partial charge < -0.3 is 9.42 Å². The van der Waals surface area contributed by atoms with Crippen molar-refractivity contribution in [1.29, 1.82) is 0 Å². The van der Waals surface area contributed by atoms with Gasteiger partial charge >= 0.3 is 0 Å². The number of amides is 1. The average Bonchev–Trinajstić information content (AvgIpc) is 3.05. The number of rotatable bonds is 3. The van der Waals surface area contributed by atoms with Crippen molar-refractivity contribution in [2.45, 2.75) is 64.8 Å². The van der Waals surface area contributed by atoms with E-state index in [0.717, 1.165) is 48.7 Å². The van der Waals surface area contributed by atoms with Crippen LogP contribution in [0.15, 0.2) is 4.52 Å². The van der Waals surface area contributed by atoms with E-state index >= 15 is 0 Å². The molecule has 1 aromatic rings. The van der Waals surface area contributed by atoms with Gasteiger partial charge in [-0.15, -0.1) is 0 Å². The molecule has 2 aliphatic rings. The van der Waals surface area contributed by atoms with Crippen LogP contribution in [0.4, 0.5) is 0 Å². The maximum absolute atomic E-state index is 12.9. The van der Waals surface area contributed by atoms with E-state index in [0.29, 0.717) is 6.04 Å².